The lowest BCUT2D eigenvalue weighted by Crippen LogP contribution is -2.39. The first kappa shape index (κ1) is 12.3. The van der Waals surface area contributed by atoms with Gasteiger partial charge in [0.05, 0.1) is 26.4 Å². The van der Waals surface area contributed by atoms with Crippen molar-refractivity contribution in [3.63, 3.8) is 0 Å². The predicted octanol–water partition coefficient (Wildman–Crippen LogP) is 1.93. The first-order valence-corrected chi connectivity index (χ1v) is 6.12. The van der Waals surface area contributed by atoms with E-state index in [1.807, 2.05) is 6.92 Å². The van der Waals surface area contributed by atoms with Gasteiger partial charge in [-0.15, -0.1) is 0 Å². The van der Waals surface area contributed by atoms with Gasteiger partial charge in [-0.25, -0.2) is 0 Å². The van der Waals surface area contributed by atoms with E-state index in [4.69, 9.17) is 18.9 Å². The summed E-state index contributed by atoms with van der Waals surface area (Å²) in [6.07, 6.45) is 1.63. The van der Waals surface area contributed by atoms with E-state index in [9.17, 15) is 0 Å². The van der Waals surface area contributed by atoms with Crippen LogP contribution in [0.1, 0.15) is 33.6 Å². The topological polar surface area (TPSA) is 36.9 Å². The van der Waals surface area contributed by atoms with Crippen LogP contribution in [0.5, 0.6) is 0 Å². The van der Waals surface area contributed by atoms with Crippen molar-refractivity contribution < 1.29 is 18.9 Å². The van der Waals surface area contributed by atoms with Gasteiger partial charge in [0.15, 0.2) is 11.6 Å². The molecule has 0 aromatic carbocycles. The van der Waals surface area contributed by atoms with E-state index in [0.29, 0.717) is 32.3 Å². The van der Waals surface area contributed by atoms with Gasteiger partial charge < -0.3 is 18.9 Å². The van der Waals surface area contributed by atoms with Crippen molar-refractivity contribution in [1.82, 2.24) is 0 Å². The Labute approximate surface area is 97.2 Å². The summed E-state index contributed by atoms with van der Waals surface area (Å²) in [5.41, 5.74) is 0. The average molecular weight is 230 g/mol. The molecule has 2 rings (SSSR count). The second-order valence-corrected chi connectivity index (χ2v) is 4.99. The first-order chi connectivity index (χ1) is 7.56. The zero-order valence-corrected chi connectivity index (χ0v) is 10.5. The van der Waals surface area contributed by atoms with Gasteiger partial charge in [-0.05, 0) is 6.92 Å². The third kappa shape index (κ3) is 2.40. The van der Waals surface area contributed by atoms with Crippen LogP contribution in [0.4, 0.5) is 0 Å². The van der Waals surface area contributed by atoms with Crippen LogP contribution in [-0.2, 0) is 18.9 Å². The van der Waals surface area contributed by atoms with Gasteiger partial charge in [0.25, 0.3) is 0 Å². The molecule has 0 aliphatic carbocycles. The summed E-state index contributed by atoms with van der Waals surface area (Å²) in [7, 11) is 0. The van der Waals surface area contributed by atoms with Crippen molar-refractivity contribution in [2.75, 3.05) is 26.4 Å². The molecule has 2 aliphatic heterocycles. The Balaban J connectivity index is 1.91. The molecule has 0 N–H and O–H groups in total. The molecule has 2 fully saturated rings. The van der Waals surface area contributed by atoms with Gasteiger partial charge >= 0.3 is 0 Å². The van der Waals surface area contributed by atoms with E-state index in [-0.39, 0.29) is 0 Å². The minimum Gasteiger partial charge on any atom is -0.348 e. The van der Waals surface area contributed by atoms with Gasteiger partial charge in [0.1, 0.15) is 0 Å². The third-order valence-electron chi connectivity index (χ3n) is 3.48. The van der Waals surface area contributed by atoms with E-state index < -0.39 is 11.6 Å². The molecule has 0 spiro atoms. The van der Waals surface area contributed by atoms with Crippen LogP contribution in [0.3, 0.4) is 0 Å². The van der Waals surface area contributed by atoms with Crippen LogP contribution in [0.25, 0.3) is 0 Å². The van der Waals surface area contributed by atoms with Crippen LogP contribution in [0.15, 0.2) is 0 Å². The van der Waals surface area contributed by atoms with E-state index in [2.05, 4.69) is 13.8 Å². The Bertz CT molecular complexity index is 227. The maximum atomic E-state index is 5.77. The van der Waals surface area contributed by atoms with Crippen LogP contribution in [0.2, 0.25) is 0 Å². The highest BCUT2D eigenvalue weighted by Crippen LogP contribution is 2.36. The van der Waals surface area contributed by atoms with Gasteiger partial charge in [-0.1, -0.05) is 13.8 Å². The van der Waals surface area contributed by atoms with Crippen molar-refractivity contribution in [1.29, 1.82) is 0 Å². The molecular weight excluding hydrogens is 208 g/mol. The van der Waals surface area contributed by atoms with Gasteiger partial charge in [0.2, 0.25) is 0 Å². The number of hydrogen-bond donors (Lipinski definition) is 0. The van der Waals surface area contributed by atoms with E-state index >= 15 is 0 Å². The molecule has 4 heteroatoms. The maximum Gasteiger partial charge on any atom is 0.170 e. The summed E-state index contributed by atoms with van der Waals surface area (Å²) in [6, 6.07) is 0. The quantitative estimate of drug-likeness (QED) is 0.739. The van der Waals surface area contributed by atoms with Crippen LogP contribution in [-0.4, -0.2) is 38.0 Å². The van der Waals surface area contributed by atoms with Gasteiger partial charge in [0, 0.05) is 18.8 Å². The molecule has 2 aliphatic rings. The summed E-state index contributed by atoms with van der Waals surface area (Å²) >= 11 is 0. The molecule has 0 aromatic rings. The zero-order valence-electron chi connectivity index (χ0n) is 10.5. The minimum absolute atomic E-state index is 0.347. The SMILES string of the molecule is CC(C)C1(CCC2(C)OCCO2)OCCO1. The van der Waals surface area contributed by atoms with Gasteiger partial charge in [-0.2, -0.15) is 0 Å². The fourth-order valence-electron chi connectivity index (χ4n) is 2.34. The largest absolute Gasteiger partial charge is 0.348 e. The summed E-state index contributed by atoms with van der Waals surface area (Å²) in [5.74, 6) is -0.532. The Morgan fingerprint density at radius 1 is 0.875 bits per heavy atom. The first-order valence-electron chi connectivity index (χ1n) is 6.12. The number of ether oxygens (including phenoxy) is 4. The molecule has 2 saturated heterocycles. The second-order valence-electron chi connectivity index (χ2n) is 4.99. The van der Waals surface area contributed by atoms with E-state index in [1.165, 1.54) is 0 Å². The molecule has 0 aromatic heterocycles. The minimum atomic E-state index is -0.447. The Morgan fingerprint density at radius 2 is 1.38 bits per heavy atom. The van der Waals surface area contributed by atoms with Crippen LogP contribution in [0, 0.1) is 5.92 Å². The van der Waals surface area contributed by atoms with E-state index in [1.54, 1.807) is 0 Å². The molecule has 0 saturated carbocycles. The van der Waals surface area contributed by atoms with Crippen molar-refractivity contribution in [2.24, 2.45) is 5.92 Å². The molecule has 94 valence electrons. The lowest BCUT2D eigenvalue weighted by molar-refractivity contribution is -0.216. The Morgan fingerprint density at radius 3 is 1.88 bits per heavy atom. The van der Waals surface area contributed by atoms with E-state index in [0.717, 1.165) is 12.8 Å². The van der Waals surface area contributed by atoms with Crippen molar-refractivity contribution in [3.05, 3.63) is 0 Å². The maximum absolute atomic E-state index is 5.77. The molecule has 4 nitrogen and oxygen atoms in total. The standard InChI is InChI=1S/C12H22O4/c1-10(2)12(15-8-9-16-12)5-4-11(3)13-6-7-14-11/h10H,4-9H2,1-3H3. The predicted molar refractivity (Wildman–Crippen MR) is 59.0 cm³/mol. The molecule has 16 heavy (non-hydrogen) atoms. The lowest BCUT2D eigenvalue weighted by Gasteiger charge is -2.34. The summed E-state index contributed by atoms with van der Waals surface area (Å²) < 4.78 is 22.7. The highest BCUT2D eigenvalue weighted by Gasteiger charge is 2.42. The summed E-state index contributed by atoms with van der Waals surface area (Å²) in [5, 5.41) is 0. The molecule has 0 bridgehead atoms. The molecule has 0 unspecified atom stereocenters. The van der Waals surface area contributed by atoms with Gasteiger partial charge in [-0.3, -0.25) is 0 Å². The molecule has 0 atom stereocenters. The Kier molecular flexibility index (Phi) is 3.54. The Hall–Kier alpha value is -0.160. The molecule has 0 radical (unpaired) electrons. The second kappa shape index (κ2) is 4.61. The van der Waals surface area contributed by atoms with Crippen molar-refractivity contribution in [2.45, 2.75) is 45.2 Å². The molecule has 2 heterocycles. The molecular formula is C12H22O4. The summed E-state index contributed by atoms with van der Waals surface area (Å²) in [6.45, 7) is 9.00. The average Bonchev–Trinajstić information content (AvgIpc) is 2.85. The van der Waals surface area contributed by atoms with Crippen molar-refractivity contribution >= 4 is 0 Å². The fourth-order valence-corrected chi connectivity index (χ4v) is 2.34. The summed E-state index contributed by atoms with van der Waals surface area (Å²) in [4.78, 5) is 0. The zero-order chi connectivity index (χ0) is 11.6. The smallest absolute Gasteiger partial charge is 0.170 e. The molecule has 0 amide bonds. The fraction of sp³-hybridized carbons (Fsp3) is 1.00. The van der Waals surface area contributed by atoms with Crippen LogP contribution >= 0.6 is 0 Å². The number of rotatable bonds is 4. The normalized spacial score (nSPS) is 27.8. The highest BCUT2D eigenvalue weighted by molar-refractivity contribution is 4.81. The van der Waals surface area contributed by atoms with Crippen molar-refractivity contribution in [3.8, 4) is 0 Å². The van der Waals surface area contributed by atoms with Crippen LogP contribution < -0.4 is 0 Å². The highest BCUT2D eigenvalue weighted by atomic mass is 16.7. The third-order valence-corrected chi connectivity index (χ3v) is 3.48. The lowest BCUT2D eigenvalue weighted by atomic mass is 9.95. The monoisotopic (exact) mass is 230 g/mol. The number of hydrogen-bond acceptors (Lipinski definition) is 4.